The average molecular weight is 393 g/mol. The van der Waals surface area contributed by atoms with Gasteiger partial charge in [0.25, 0.3) is 5.56 Å². The van der Waals surface area contributed by atoms with Crippen LogP contribution in [0.1, 0.15) is 43.3 Å². The van der Waals surface area contributed by atoms with Crippen molar-refractivity contribution in [3.05, 3.63) is 52.7 Å². The second kappa shape index (κ2) is 7.42. The maximum absolute atomic E-state index is 12.8. The number of carbonyl (C=O) groups excluding carboxylic acids is 1. The van der Waals surface area contributed by atoms with Crippen molar-refractivity contribution in [1.29, 1.82) is 0 Å². The monoisotopic (exact) mass is 393 g/mol. The molecular formula is C21H23N5O3. The van der Waals surface area contributed by atoms with Gasteiger partial charge in [-0.2, -0.15) is 4.98 Å². The summed E-state index contributed by atoms with van der Waals surface area (Å²) in [5.41, 5.74) is 0.459. The van der Waals surface area contributed by atoms with E-state index in [4.69, 9.17) is 4.52 Å². The Morgan fingerprint density at radius 2 is 2.07 bits per heavy atom. The van der Waals surface area contributed by atoms with E-state index in [0.717, 1.165) is 31.5 Å². The lowest BCUT2D eigenvalue weighted by Gasteiger charge is -2.32. The van der Waals surface area contributed by atoms with Gasteiger partial charge in [-0.1, -0.05) is 17.3 Å². The Balaban J connectivity index is 1.25. The second-order valence-corrected chi connectivity index (χ2v) is 8.07. The molecule has 8 nitrogen and oxygen atoms in total. The largest absolute Gasteiger partial charge is 0.341 e. The Morgan fingerprint density at radius 3 is 2.93 bits per heavy atom. The fourth-order valence-electron chi connectivity index (χ4n) is 4.03. The van der Waals surface area contributed by atoms with Gasteiger partial charge >= 0.3 is 0 Å². The molecule has 0 unspecified atom stereocenters. The highest BCUT2D eigenvalue weighted by molar-refractivity contribution is 5.79. The van der Waals surface area contributed by atoms with Crippen LogP contribution in [0.5, 0.6) is 0 Å². The van der Waals surface area contributed by atoms with Crippen molar-refractivity contribution in [2.45, 2.75) is 44.6 Å². The van der Waals surface area contributed by atoms with E-state index in [2.05, 4.69) is 15.1 Å². The predicted molar refractivity (Wildman–Crippen MR) is 105 cm³/mol. The van der Waals surface area contributed by atoms with Gasteiger partial charge in [0.05, 0.1) is 17.2 Å². The minimum absolute atomic E-state index is 0.00970. The molecule has 2 aliphatic rings. The molecule has 5 rings (SSSR count). The molecule has 2 aromatic heterocycles. The summed E-state index contributed by atoms with van der Waals surface area (Å²) in [6.07, 6.45) is 6.41. The van der Waals surface area contributed by atoms with E-state index < -0.39 is 0 Å². The standard InChI is InChI=1S/C21H23N5O3/c27-19(12-26-13-22-17-6-2-1-5-16(17)21(26)28)25-9-3-4-14(11-25)10-18-23-20(24-29-18)15-7-8-15/h1-2,5-6,13-15H,3-4,7-12H2/t14-/m1/s1. The van der Waals surface area contributed by atoms with Gasteiger partial charge in [-0.15, -0.1) is 0 Å². The van der Waals surface area contributed by atoms with Crippen LogP contribution in [-0.4, -0.2) is 43.6 Å². The first-order valence-corrected chi connectivity index (χ1v) is 10.2. The number of nitrogens with zero attached hydrogens (tertiary/aromatic N) is 5. The predicted octanol–water partition coefficient (Wildman–Crippen LogP) is 2.14. The third-order valence-corrected chi connectivity index (χ3v) is 5.80. The van der Waals surface area contributed by atoms with E-state index in [1.165, 1.54) is 10.9 Å². The number of rotatable bonds is 5. The fourth-order valence-corrected chi connectivity index (χ4v) is 4.03. The van der Waals surface area contributed by atoms with Crippen molar-refractivity contribution in [3.63, 3.8) is 0 Å². The third-order valence-electron chi connectivity index (χ3n) is 5.80. The summed E-state index contributed by atoms with van der Waals surface area (Å²) in [4.78, 5) is 36.1. The summed E-state index contributed by atoms with van der Waals surface area (Å²) < 4.78 is 6.80. The molecule has 1 saturated carbocycles. The molecule has 150 valence electrons. The molecule has 1 aliphatic carbocycles. The Labute approximate surface area is 167 Å². The van der Waals surface area contributed by atoms with Crippen molar-refractivity contribution >= 4 is 16.8 Å². The van der Waals surface area contributed by atoms with E-state index >= 15 is 0 Å². The van der Waals surface area contributed by atoms with Crippen molar-refractivity contribution in [2.75, 3.05) is 13.1 Å². The molecule has 1 atom stereocenters. The van der Waals surface area contributed by atoms with Gasteiger partial charge in [-0.05, 0) is 43.7 Å². The molecule has 1 amide bonds. The summed E-state index contributed by atoms with van der Waals surface area (Å²) in [7, 11) is 0. The number of piperidine rings is 1. The molecular weight excluding hydrogens is 370 g/mol. The quantitative estimate of drug-likeness (QED) is 0.659. The summed E-state index contributed by atoms with van der Waals surface area (Å²) >= 11 is 0. The van der Waals surface area contributed by atoms with Crippen LogP contribution in [0.2, 0.25) is 0 Å². The molecule has 29 heavy (non-hydrogen) atoms. The molecule has 2 fully saturated rings. The maximum Gasteiger partial charge on any atom is 0.261 e. The summed E-state index contributed by atoms with van der Waals surface area (Å²) in [5.74, 6) is 2.21. The Hall–Kier alpha value is -3.03. The summed E-state index contributed by atoms with van der Waals surface area (Å²) in [6.45, 7) is 1.37. The normalized spacial score (nSPS) is 19.6. The molecule has 0 radical (unpaired) electrons. The summed E-state index contributed by atoms with van der Waals surface area (Å²) in [5, 5.41) is 4.61. The van der Waals surface area contributed by atoms with Crippen LogP contribution in [0.3, 0.4) is 0 Å². The highest BCUT2D eigenvalue weighted by Gasteiger charge is 2.30. The van der Waals surface area contributed by atoms with Crippen LogP contribution in [0.4, 0.5) is 0 Å². The Bertz CT molecular complexity index is 1100. The van der Waals surface area contributed by atoms with Crippen molar-refractivity contribution in [3.8, 4) is 0 Å². The maximum atomic E-state index is 12.8. The van der Waals surface area contributed by atoms with Crippen LogP contribution in [0.25, 0.3) is 10.9 Å². The van der Waals surface area contributed by atoms with Crippen molar-refractivity contribution < 1.29 is 9.32 Å². The van der Waals surface area contributed by atoms with Gasteiger partial charge < -0.3 is 9.42 Å². The molecule has 1 saturated heterocycles. The van der Waals surface area contributed by atoms with Crippen molar-refractivity contribution in [2.24, 2.45) is 5.92 Å². The molecule has 3 aromatic rings. The molecule has 0 spiro atoms. The lowest BCUT2D eigenvalue weighted by atomic mass is 9.94. The van der Waals surface area contributed by atoms with Crippen LogP contribution in [0, 0.1) is 5.92 Å². The fraction of sp³-hybridized carbons (Fsp3) is 0.476. The molecule has 1 aliphatic heterocycles. The first-order valence-electron chi connectivity index (χ1n) is 10.2. The number of hydrogen-bond donors (Lipinski definition) is 0. The highest BCUT2D eigenvalue weighted by atomic mass is 16.5. The number of benzene rings is 1. The minimum Gasteiger partial charge on any atom is -0.341 e. The highest BCUT2D eigenvalue weighted by Crippen LogP contribution is 2.38. The number of aromatic nitrogens is 4. The SMILES string of the molecule is O=C(Cn1cnc2ccccc2c1=O)N1CCC[C@H](Cc2nc(C3CC3)no2)C1. The molecule has 3 heterocycles. The molecule has 0 bridgehead atoms. The number of hydrogen-bond acceptors (Lipinski definition) is 6. The zero-order valence-electron chi connectivity index (χ0n) is 16.2. The van der Waals surface area contributed by atoms with Gasteiger partial charge in [0.1, 0.15) is 6.54 Å². The third kappa shape index (κ3) is 3.79. The molecule has 8 heteroatoms. The second-order valence-electron chi connectivity index (χ2n) is 8.07. The van der Waals surface area contributed by atoms with Crippen LogP contribution >= 0.6 is 0 Å². The smallest absolute Gasteiger partial charge is 0.261 e. The first kappa shape index (κ1) is 18.0. The lowest BCUT2D eigenvalue weighted by Crippen LogP contribution is -2.43. The van der Waals surface area contributed by atoms with Gasteiger partial charge in [-0.25, -0.2) is 4.98 Å². The number of carbonyl (C=O) groups is 1. The number of amides is 1. The van der Waals surface area contributed by atoms with E-state index in [0.29, 0.717) is 48.1 Å². The van der Waals surface area contributed by atoms with Gasteiger partial charge in [-0.3, -0.25) is 14.2 Å². The topological polar surface area (TPSA) is 94.1 Å². The van der Waals surface area contributed by atoms with E-state index in [1.807, 2.05) is 11.0 Å². The number of fused-ring (bicyclic) bond motifs is 1. The average Bonchev–Trinajstić information content (AvgIpc) is 3.50. The Morgan fingerprint density at radius 1 is 1.21 bits per heavy atom. The minimum atomic E-state index is -0.184. The summed E-state index contributed by atoms with van der Waals surface area (Å²) in [6, 6.07) is 7.18. The van der Waals surface area contributed by atoms with Crippen LogP contribution < -0.4 is 5.56 Å². The lowest BCUT2D eigenvalue weighted by molar-refractivity contribution is -0.133. The molecule has 0 N–H and O–H groups in total. The van der Waals surface area contributed by atoms with Crippen LogP contribution in [0.15, 0.2) is 39.9 Å². The molecule has 1 aromatic carbocycles. The number of para-hydroxylation sites is 1. The van der Waals surface area contributed by atoms with E-state index in [1.54, 1.807) is 18.2 Å². The van der Waals surface area contributed by atoms with Crippen molar-refractivity contribution in [1.82, 2.24) is 24.6 Å². The zero-order chi connectivity index (χ0) is 19.8. The van der Waals surface area contributed by atoms with Gasteiger partial charge in [0.2, 0.25) is 11.8 Å². The van der Waals surface area contributed by atoms with Gasteiger partial charge in [0.15, 0.2) is 5.82 Å². The van der Waals surface area contributed by atoms with Gasteiger partial charge in [0, 0.05) is 25.4 Å². The zero-order valence-corrected chi connectivity index (χ0v) is 16.2. The Kier molecular flexibility index (Phi) is 4.61. The first-order chi connectivity index (χ1) is 14.2. The van der Waals surface area contributed by atoms with E-state index in [-0.39, 0.29) is 18.0 Å². The van der Waals surface area contributed by atoms with Crippen LogP contribution in [-0.2, 0) is 17.8 Å². The van der Waals surface area contributed by atoms with E-state index in [9.17, 15) is 9.59 Å². The number of likely N-dealkylation sites (tertiary alicyclic amines) is 1.